The second-order valence-corrected chi connectivity index (χ2v) is 6.77. The van der Waals surface area contributed by atoms with Gasteiger partial charge in [0, 0.05) is 6.42 Å². The van der Waals surface area contributed by atoms with Crippen molar-refractivity contribution in [1.82, 2.24) is 10.6 Å². The predicted octanol–water partition coefficient (Wildman–Crippen LogP) is 3.13. The molecule has 1 fully saturated rings. The number of hydrogen-bond acceptors (Lipinski definition) is 2. The van der Waals surface area contributed by atoms with Gasteiger partial charge in [0.25, 0.3) is 0 Å². The zero-order valence-electron chi connectivity index (χ0n) is 13.5. The van der Waals surface area contributed by atoms with Crippen molar-refractivity contribution in [2.24, 2.45) is 5.92 Å². The number of aryl methyl sites for hydroxylation is 1. The molecule has 0 atom stereocenters. The van der Waals surface area contributed by atoms with Crippen LogP contribution >= 0.6 is 0 Å². The topological polar surface area (TPSA) is 41.1 Å². The highest BCUT2D eigenvalue weighted by molar-refractivity contribution is 5.76. The van der Waals surface area contributed by atoms with Crippen molar-refractivity contribution in [2.75, 3.05) is 13.1 Å². The molecular weight excluding hydrogens is 260 g/mol. The van der Waals surface area contributed by atoms with E-state index < -0.39 is 0 Å². The number of piperidine rings is 1. The Morgan fingerprint density at radius 2 is 2.05 bits per heavy atom. The average Bonchev–Trinajstić information content (AvgIpc) is 2.46. The quantitative estimate of drug-likeness (QED) is 0.874. The van der Waals surface area contributed by atoms with Crippen LogP contribution in [0.25, 0.3) is 0 Å². The summed E-state index contributed by atoms with van der Waals surface area (Å²) in [6.45, 7) is 8.43. The van der Waals surface area contributed by atoms with Crippen molar-refractivity contribution in [3.05, 3.63) is 35.4 Å². The summed E-state index contributed by atoms with van der Waals surface area (Å²) >= 11 is 0. The molecule has 21 heavy (non-hydrogen) atoms. The third-order valence-corrected chi connectivity index (χ3v) is 4.43. The number of carbonyl (C=O) groups is 1. The first-order valence-corrected chi connectivity index (χ1v) is 8.06. The normalized spacial score (nSPS) is 16.7. The molecule has 3 nitrogen and oxygen atoms in total. The summed E-state index contributed by atoms with van der Waals surface area (Å²) in [4.78, 5) is 12.2. The van der Waals surface area contributed by atoms with Gasteiger partial charge in [-0.3, -0.25) is 4.79 Å². The average molecular weight is 288 g/mol. The van der Waals surface area contributed by atoms with Gasteiger partial charge in [-0.2, -0.15) is 0 Å². The summed E-state index contributed by atoms with van der Waals surface area (Å²) in [5.41, 5.74) is 2.08. The highest BCUT2D eigenvalue weighted by Gasteiger charge is 2.23. The van der Waals surface area contributed by atoms with E-state index in [1.54, 1.807) is 0 Å². The van der Waals surface area contributed by atoms with Crippen LogP contribution in [0.3, 0.4) is 0 Å². The van der Waals surface area contributed by atoms with E-state index in [0.717, 1.165) is 25.1 Å². The Kier molecular flexibility index (Phi) is 5.40. The highest BCUT2D eigenvalue weighted by Crippen LogP contribution is 2.22. The van der Waals surface area contributed by atoms with Crippen molar-refractivity contribution in [3.8, 4) is 0 Å². The van der Waals surface area contributed by atoms with Crippen LogP contribution in [0.15, 0.2) is 24.3 Å². The molecule has 1 aliphatic heterocycles. The van der Waals surface area contributed by atoms with Crippen molar-refractivity contribution in [3.63, 3.8) is 0 Å². The fraction of sp³-hybridized carbons (Fsp3) is 0.611. The molecule has 1 amide bonds. The minimum Gasteiger partial charge on any atom is -0.347 e. The zero-order valence-corrected chi connectivity index (χ0v) is 13.5. The molecule has 1 aromatic carbocycles. The number of carbonyl (C=O) groups excluding carboxylic acids is 1. The molecule has 0 bridgehead atoms. The van der Waals surface area contributed by atoms with Crippen LogP contribution in [-0.4, -0.2) is 19.0 Å². The van der Waals surface area contributed by atoms with Gasteiger partial charge in [0.1, 0.15) is 0 Å². The van der Waals surface area contributed by atoms with E-state index >= 15 is 0 Å². The molecule has 0 spiro atoms. The van der Waals surface area contributed by atoms with Gasteiger partial charge in [0.15, 0.2) is 0 Å². The van der Waals surface area contributed by atoms with Crippen LogP contribution in [-0.2, 0) is 10.3 Å². The third-order valence-electron chi connectivity index (χ3n) is 4.43. The predicted molar refractivity (Wildman–Crippen MR) is 87.2 cm³/mol. The fourth-order valence-corrected chi connectivity index (χ4v) is 3.02. The lowest BCUT2D eigenvalue weighted by molar-refractivity contribution is -0.123. The minimum absolute atomic E-state index is 0.167. The number of hydrogen-bond donors (Lipinski definition) is 2. The lowest BCUT2D eigenvalue weighted by Gasteiger charge is -2.28. The van der Waals surface area contributed by atoms with Crippen molar-refractivity contribution in [2.45, 2.75) is 52.0 Å². The first-order chi connectivity index (χ1) is 9.97. The van der Waals surface area contributed by atoms with Crippen molar-refractivity contribution < 1.29 is 4.79 Å². The molecular formula is C18H28N2O. The summed E-state index contributed by atoms with van der Waals surface area (Å²) in [5.74, 6) is 0.874. The van der Waals surface area contributed by atoms with E-state index in [2.05, 4.69) is 49.6 Å². The molecule has 2 N–H and O–H groups in total. The standard InChI is InChI=1S/C18H28N2O/c1-14-5-4-6-16(13-14)18(2,3)20-17(21)8-7-15-9-11-19-12-10-15/h4-6,13,15,19H,7-12H2,1-3H3,(H,20,21). The molecule has 0 aromatic heterocycles. The summed E-state index contributed by atoms with van der Waals surface area (Å²) in [6.07, 6.45) is 4.06. The van der Waals surface area contributed by atoms with Gasteiger partial charge in [-0.15, -0.1) is 0 Å². The van der Waals surface area contributed by atoms with E-state index in [0.29, 0.717) is 12.3 Å². The van der Waals surface area contributed by atoms with Crippen LogP contribution in [0.2, 0.25) is 0 Å². The molecule has 116 valence electrons. The molecule has 1 saturated heterocycles. The van der Waals surface area contributed by atoms with Crippen LogP contribution in [0.5, 0.6) is 0 Å². The maximum atomic E-state index is 12.2. The summed E-state index contributed by atoms with van der Waals surface area (Å²) in [6, 6.07) is 8.36. The Balaban J connectivity index is 1.85. The second kappa shape index (κ2) is 7.08. The van der Waals surface area contributed by atoms with Gasteiger partial charge in [-0.05, 0) is 64.6 Å². The van der Waals surface area contributed by atoms with E-state index in [4.69, 9.17) is 0 Å². The largest absolute Gasteiger partial charge is 0.347 e. The maximum absolute atomic E-state index is 12.2. The van der Waals surface area contributed by atoms with Crippen molar-refractivity contribution in [1.29, 1.82) is 0 Å². The van der Waals surface area contributed by atoms with E-state index in [-0.39, 0.29) is 11.4 Å². The van der Waals surface area contributed by atoms with Crippen LogP contribution in [0.4, 0.5) is 0 Å². The molecule has 0 saturated carbocycles. The molecule has 0 radical (unpaired) electrons. The molecule has 1 aromatic rings. The lowest BCUT2D eigenvalue weighted by Crippen LogP contribution is -2.41. The molecule has 2 rings (SSSR count). The Morgan fingerprint density at radius 3 is 2.71 bits per heavy atom. The van der Waals surface area contributed by atoms with Gasteiger partial charge in [-0.25, -0.2) is 0 Å². The first kappa shape index (κ1) is 16.0. The SMILES string of the molecule is Cc1cccc(C(C)(C)NC(=O)CCC2CCNCC2)c1. The van der Waals surface area contributed by atoms with Crippen LogP contribution < -0.4 is 10.6 Å². The Hall–Kier alpha value is -1.35. The van der Waals surface area contributed by atoms with E-state index in [9.17, 15) is 4.79 Å². The third kappa shape index (κ3) is 4.85. The second-order valence-electron chi connectivity index (χ2n) is 6.77. The van der Waals surface area contributed by atoms with Crippen LogP contribution in [0, 0.1) is 12.8 Å². The summed E-state index contributed by atoms with van der Waals surface area (Å²) in [5, 5.41) is 6.55. The smallest absolute Gasteiger partial charge is 0.220 e. The number of nitrogens with one attached hydrogen (secondary N) is 2. The van der Waals surface area contributed by atoms with Gasteiger partial charge < -0.3 is 10.6 Å². The Bertz CT molecular complexity index is 476. The zero-order chi connectivity index (χ0) is 15.3. The molecule has 0 unspecified atom stereocenters. The van der Waals surface area contributed by atoms with Gasteiger partial charge in [0.05, 0.1) is 5.54 Å². The Morgan fingerprint density at radius 1 is 1.33 bits per heavy atom. The van der Waals surface area contributed by atoms with Gasteiger partial charge in [0.2, 0.25) is 5.91 Å². The van der Waals surface area contributed by atoms with Gasteiger partial charge in [-0.1, -0.05) is 29.8 Å². The van der Waals surface area contributed by atoms with E-state index in [1.165, 1.54) is 18.4 Å². The Labute approximate surface area is 128 Å². The monoisotopic (exact) mass is 288 g/mol. The first-order valence-electron chi connectivity index (χ1n) is 8.06. The van der Waals surface area contributed by atoms with E-state index in [1.807, 2.05) is 6.07 Å². The minimum atomic E-state index is -0.308. The van der Waals surface area contributed by atoms with Crippen molar-refractivity contribution >= 4 is 5.91 Å². The number of amides is 1. The molecule has 0 aliphatic carbocycles. The maximum Gasteiger partial charge on any atom is 0.220 e. The summed E-state index contributed by atoms with van der Waals surface area (Å²) in [7, 11) is 0. The number of benzene rings is 1. The van der Waals surface area contributed by atoms with Crippen LogP contribution in [0.1, 0.15) is 50.7 Å². The molecule has 1 heterocycles. The fourth-order valence-electron chi connectivity index (χ4n) is 3.02. The van der Waals surface area contributed by atoms with Gasteiger partial charge >= 0.3 is 0 Å². The lowest BCUT2D eigenvalue weighted by atomic mass is 9.91. The molecule has 1 aliphatic rings. The highest BCUT2D eigenvalue weighted by atomic mass is 16.1. The molecule has 3 heteroatoms. The number of rotatable bonds is 5. The summed E-state index contributed by atoms with van der Waals surface area (Å²) < 4.78 is 0.